The van der Waals surface area contributed by atoms with E-state index in [4.69, 9.17) is 4.42 Å². The lowest BCUT2D eigenvalue weighted by Gasteiger charge is -2.25. The van der Waals surface area contributed by atoms with Gasteiger partial charge in [0.2, 0.25) is 11.8 Å². The minimum Gasteiger partial charge on any atom is -0.472 e. The van der Waals surface area contributed by atoms with Crippen molar-refractivity contribution in [2.24, 2.45) is 0 Å². The number of rotatable bonds is 2. The molecule has 0 aromatic carbocycles. The van der Waals surface area contributed by atoms with Gasteiger partial charge in [-0.05, 0) is 6.07 Å². The van der Waals surface area contributed by atoms with Crippen LogP contribution in [0.4, 0.5) is 0 Å². The average Bonchev–Trinajstić information content (AvgIpc) is 2.64. The van der Waals surface area contributed by atoms with Crippen LogP contribution in [0.25, 0.3) is 0 Å². The van der Waals surface area contributed by atoms with E-state index in [9.17, 15) is 9.59 Å². The molecule has 0 radical (unpaired) electrons. The Balaban J connectivity index is 2.02. The van der Waals surface area contributed by atoms with E-state index in [2.05, 4.69) is 5.32 Å². The fraction of sp³-hybridized carbons (Fsp3) is 0.333. The summed E-state index contributed by atoms with van der Waals surface area (Å²) in [7, 11) is 0. The van der Waals surface area contributed by atoms with Crippen LogP contribution in [0.15, 0.2) is 23.0 Å². The third-order valence-electron chi connectivity index (χ3n) is 2.08. The number of nitrogens with one attached hydrogen (secondary N) is 1. The lowest BCUT2D eigenvalue weighted by Crippen LogP contribution is -2.50. The molecule has 1 aliphatic rings. The number of carbonyl (C=O) groups is 2. The Kier molecular flexibility index (Phi) is 2.22. The summed E-state index contributed by atoms with van der Waals surface area (Å²) in [5, 5.41) is 2.49. The topological polar surface area (TPSA) is 62.6 Å². The first kappa shape index (κ1) is 8.80. The maximum atomic E-state index is 11.3. The molecule has 1 aliphatic heterocycles. The summed E-state index contributed by atoms with van der Waals surface area (Å²) in [4.78, 5) is 23.9. The van der Waals surface area contributed by atoms with Crippen molar-refractivity contribution in [3.63, 3.8) is 0 Å². The molecule has 5 heteroatoms. The molecule has 5 nitrogen and oxygen atoms in total. The van der Waals surface area contributed by atoms with Crippen molar-refractivity contribution >= 4 is 11.8 Å². The van der Waals surface area contributed by atoms with Crippen LogP contribution in [-0.2, 0) is 16.1 Å². The van der Waals surface area contributed by atoms with E-state index in [0.29, 0.717) is 6.54 Å². The lowest BCUT2D eigenvalue weighted by molar-refractivity contribution is -0.141. The monoisotopic (exact) mass is 194 g/mol. The third-order valence-corrected chi connectivity index (χ3v) is 2.08. The Bertz CT molecular complexity index is 345. The maximum Gasteiger partial charge on any atom is 0.242 e. The van der Waals surface area contributed by atoms with Gasteiger partial charge in [0.25, 0.3) is 0 Å². The molecule has 2 rings (SSSR count). The Hall–Kier alpha value is -1.78. The zero-order chi connectivity index (χ0) is 9.97. The molecular formula is C9H10N2O3. The number of hydrogen-bond donors (Lipinski definition) is 1. The van der Waals surface area contributed by atoms with E-state index < -0.39 is 0 Å². The van der Waals surface area contributed by atoms with Gasteiger partial charge in [0.15, 0.2) is 0 Å². The summed E-state index contributed by atoms with van der Waals surface area (Å²) in [5.41, 5.74) is 0.896. The van der Waals surface area contributed by atoms with Crippen LogP contribution in [0.3, 0.4) is 0 Å². The van der Waals surface area contributed by atoms with Crippen molar-refractivity contribution in [2.45, 2.75) is 6.54 Å². The van der Waals surface area contributed by atoms with E-state index in [0.717, 1.165) is 5.56 Å². The van der Waals surface area contributed by atoms with Crippen LogP contribution < -0.4 is 5.32 Å². The summed E-state index contributed by atoms with van der Waals surface area (Å²) >= 11 is 0. The lowest BCUT2D eigenvalue weighted by atomic mass is 10.2. The molecule has 2 heterocycles. The van der Waals surface area contributed by atoms with Crippen molar-refractivity contribution in [1.29, 1.82) is 0 Å². The Morgan fingerprint density at radius 1 is 1.50 bits per heavy atom. The SMILES string of the molecule is O=C1CN(Cc2ccoc2)C(=O)CN1. The molecule has 1 aromatic rings. The second-order valence-corrected chi connectivity index (χ2v) is 3.16. The zero-order valence-corrected chi connectivity index (χ0v) is 7.53. The molecule has 0 unspecified atom stereocenters. The second-order valence-electron chi connectivity index (χ2n) is 3.16. The second kappa shape index (κ2) is 3.53. The Morgan fingerprint density at radius 2 is 2.36 bits per heavy atom. The van der Waals surface area contributed by atoms with E-state index >= 15 is 0 Å². The molecular weight excluding hydrogens is 184 g/mol. The molecule has 14 heavy (non-hydrogen) atoms. The molecule has 0 saturated carbocycles. The quantitative estimate of drug-likeness (QED) is 0.705. The summed E-state index contributed by atoms with van der Waals surface area (Å²) in [5.74, 6) is -0.182. The maximum absolute atomic E-state index is 11.3. The first-order valence-corrected chi connectivity index (χ1v) is 4.31. The predicted octanol–water partition coefficient (Wildman–Crippen LogP) is -0.262. The van der Waals surface area contributed by atoms with Crippen LogP contribution in [-0.4, -0.2) is 29.8 Å². The third kappa shape index (κ3) is 1.76. The number of amides is 2. The van der Waals surface area contributed by atoms with Gasteiger partial charge >= 0.3 is 0 Å². The standard InChI is InChI=1S/C9H10N2O3/c12-8-5-11(9(13)3-10-8)4-7-1-2-14-6-7/h1-2,6H,3-5H2,(H,10,12). The largest absolute Gasteiger partial charge is 0.472 e. The molecule has 1 fully saturated rings. The van der Waals surface area contributed by atoms with Gasteiger partial charge in [0.05, 0.1) is 25.6 Å². The number of hydrogen-bond acceptors (Lipinski definition) is 3. The fourth-order valence-electron chi connectivity index (χ4n) is 1.35. The summed E-state index contributed by atoms with van der Waals surface area (Å²) in [6.45, 7) is 0.656. The molecule has 2 amide bonds. The van der Waals surface area contributed by atoms with Gasteiger partial charge in [-0.2, -0.15) is 0 Å². The molecule has 1 N–H and O–H groups in total. The van der Waals surface area contributed by atoms with Crippen LogP contribution in [0.2, 0.25) is 0 Å². The molecule has 0 aliphatic carbocycles. The molecule has 0 bridgehead atoms. The average molecular weight is 194 g/mol. The first-order chi connectivity index (χ1) is 6.75. The fourth-order valence-corrected chi connectivity index (χ4v) is 1.35. The molecule has 1 saturated heterocycles. The Labute approximate surface area is 80.7 Å². The van der Waals surface area contributed by atoms with E-state index in [1.807, 2.05) is 0 Å². The summed E-state index contributed by atoms with van der Waals surface area (Å²) in [6, 6.07) is 1.78. The molecule has 1 aromatic heterocycles. The van der Waals surface area contributed by atoms with Gasteiger partial charge in [-0.15, -0.1) is 0 Å². The van der Waals surface area contributed by atoms with Crippen LogP contribution in [0.1, 0.15) is 5.56 Å². The van der Waals surface area contributed by atoms with Gasteiger partial charge in [-0.3, -0.25) is 9.59 Å². The number of nitrogens with zero attached hydrogens (tertiary/aromatic N) is 1. The van der Waals surface area contributed by atoms with Gasteiger partial charge in [-0.25, -0.2) is 0 Å². The van der Waals surface area contributed by atoms with Gasteiger partial charge in [-0.1, -0.05) is 0 Å². The predicted molar refractivity (Wildman–Crippen MR) is 47.1 cm³/mol. The molecule has 0 atom stereocenters. The van der Waals surface area contributed by atoms with Crippen LogP contribution in [0.5, 0.6) is 0 Å². The normalized spacial score (nSPS) is 17.0. The first-order valence-electron chi connectivity index (χ1n) is 4.31. The van der Waals surface area contributed by atoms with Crippen molar-refractivity contribution in [1.82, 2.24) is 10.2 Å². The number of carbonyl (C=O) groups excluding carboxylic acids is 2. The van der Waals surface area contributed by atoms with Crippen molar-refractivity contribution < 1.29 is 14.0 Å². The highest BCUT2D eigenvalue weighted by Crippen LogP contribution is 2.06. The summed E-state index contributed by atoms with van der Waals surface area (Å²) in [6.07, 6.45) is 3.11. The van der Waals surface area contributed by atoms with Crippen molar-refractivity contribution in [2.75, 3.05) is 13.1 Å². The molecule has 74 valence electrons. The molecule has 0 spiro atoms. The van der Waals surface area contributed by atoms with Gasteiger partial charge in [0, 0.05) is 12.1 Å². The highest BCUT2D eigenvalue weighted by atomic mass is 16.3. The van der Waals surface area contributed by atoms with E-state index in [1.54, 1.807) is 18.6 Å². The van der Waals surface area contributed by atoms with Crippen LogP contribution >= 0.6 is 0 Å². The van der Waals surface area contributed by atoms with Gasteiger partial charge in [0.1, 0.15) is 0 Å². The van der Waals surface area contributed by atoms with Crippen molar-refractivity contribution in [3.8, 4) is 0 Å². The van der Waals surface area contributed by atoms with E-state index in [1.165, 1.54) is 4.90 Å². The number of piperazine rings is 1. The smallest absolute Gasteiger partial charge is 0.242 e. The Morgan fingerprint density at radius 3 is 3.07 bits per heavy atom. The highest BCUT2D eigenvalue weighted by Gasteiger charge is 2.22. The summed E-state index contributed by atoms with van der Waals surface area (Å²) < 4.78 is 4.88. The van der Waals surface area contributed by atoms with Crippen molar-refractivity contribution in [3.05, 3.63) is 24.2 Å². The van der Waals surface area contributed by atoms with Crippen LogP contribution in [0, 0.1) is 0 Å². The van der Waals surface area contributed by atoms with Gasteiger partial charge < -0.3 is 14.6 Å². The minimum atomic E-state index is -0.118. The number of furan rings is 1. The van der Waals surface area contributed by atoms with E-state index in [-0.39, 0.29) is 24.9 Å². The highest BCUT2D eigenvalue weighted by molar-refractivity contribution is 5.92. The minimum absolute atomic E-state index is 0.0641. The zero-order valence-electron chi connectivity index (χ0n) is 7.53.